The van der Waals surface area contributed by atoms with Crippen molar-refractivity contribution in [3.8, 4) is 5.75 Å². The number of unbranched alkanes of at least 4 members (excludes halogenated alkanes) is 8. The van der Waals surface area contributed by atoms with E-state index in [9.17, 15) is 9.59 Å². The first kappa shape index (κ1) is 28.1. The van der Waals surface area contributed by atoms with Gasteiger partial charge in [-0.25, -0.2) is 9.59 Å². The van der Waals surface area contributed by atoms with Crippen LogP contribution in [0.15, 0.2) is 65.3 Å². The molecule has 8 heteroatoms. The topological polar surface area (TPSA) is 97.5 Å². The Bertz CT molecular complexity index is 976. The summed E-state index contributed by atoms with van der Waals surface area (Å²) < 4.78 is 10.8. The van der Waals surface area contributed by atoms with Gasteiger partial charge >= 0.3 is 11.9 Å². The van der Waals surface area contributed by atoms with Crippen LogP contribution in [-0.2, 0) is 9.53 Å². The van der Waals surface area contributed by atoms with Gasteiger partial charge in [0, 0.05) is 6.08 Å². The molecule has 2 aromatic carbocycles. The van der Waals surface area contributed by atoms with E-state index in [0.29, 0.717) is 35.4 Å². The molecule has 0 radical (unpaired) electrons. The van der Waals surface area contributed by atoms with Crippen LogP contribution in [0.2, 0.25) is 5.02 Å². The van der Waals surface area contributed by atoms with Crippen molar-refractivity contribution in [2.75, 3.05) is 13.2 Å². The standard InChI is InChI=1S/C27H33ClN2O5/c1-2-26(31)35-19-11-9-7-5-3-4-6-8-10-18-34-25-17-16-23(20-24(25)28)30-29-22-14-12-21(13-15-22)27(32)33/h2,12-17,20H,1,3-11,18-19H2,(H,32,33). The van der Waals surface area contributed by atoms with Crippen LogP contribution < -0.4 is 4.74 Å². The molecular formula is C27H33ClN2O5. The number of carbonyl (C=O) groups excluding carboxylic acids is 1. The molecule has 2 aromatic rings. The fourth-order valence-electron chi connectivity index (χ4n) is 3.31. The summed E-state index contributed by atoms with van der Waals surface area (Å²) in [6.07, 6.45) is 11.3. The summed E-state index contributed by atoms with van der Waals surface area (Å²) >= 11 is 6.31. The number of carboxylic acids is 1. The molecule has 0 spiro atoms. The highest BCUT2D eigenvalue weighted by atomic mass is 35.5. The van der Waals surface area contributed by atoms with E-state index in [4.69, 9.17) is 26.2 Å². The smallest absolute Gasteiger partial charge is 0.335 e. The summed E-state index contributed by atoms with van der Waals surface area (Å²) in [6, 6.07) is 11.4. The molecule has 0 atom stereocenters. The van der Waals surface area contributed by atoms with E-state index >= 15 is 0 Å². The van der Waals surface area contributed by atoms with Gasteiger partial charge in [-0.2, -0.15) is 10.2 Å². The van der Waals surface area contributed by atoms with Gasteiger partial charge in [0.1, 0.15) is 5.75 Å². The number of rotatable bonds is 17. The second-order valence-corrected chi connectivity index (χ2v) is 8.48. The van der Waals surface area contributed by atoms with E-state index < -0.39 is 5.97 Å². The van der Waals surface area contributed by atoms with Gasteiger partial charge in [0.25, 0.3) is 0 Å². The summed E-state index contributed by atoms with van der Waals surface area (Å²) in [6.45, 7) is 4.46. The van der Waals surface area contributed by atoms with Crippen LogP contribution in [0.1, 0.15) is 68.1 Å². The predicted molar refractivity (Wildman–Crippen MR) is 137 cm³/mol. The largest absolute Gasteiger partial charge is 0.492 e. The Balaban J connectivity index is 1.55. The zero-order chi connectivity index (χ0) is 25.3. The molecule has 0 aromatic heterocycles. The Hall–Kier alpha value is -3.19. The highest BCUT2D eigenvalue weighted by molar-refractivity contribution is 6.32. The number of azo groups is 1. The maximum absolute atomic E-state index is 10.9. The second-order valence-electron chi connectivity index (χ2n) is 8.07. The van der Waals surface area contributed by atoms with E-state index in [2.05, 4.69) is 16.8 Å². The van der Waals surface area contributed by atoms with Crippen LogP contribution in [0.5, 0.6) is 5.75 Å². The SMILES string of the molecule is C=CC(=O)OCCCCCCCCCCCOc1ccc(N=Nc2ccc(C(=O)O)cc2)cc1Cl. The summed E-state index contributed by atoms with van der Waals surface area (Å²) in [5.41, 5.74) is 1.34. The number of hydrogen-bond acceptors (Lipinski definition) is 6. The van der Waals surface area contributed by atoms with E-state index in [1.165, 1.54) is 50.3 Å². The minimum absolute atomic E-state index is 0.200. The maximum Gasteiger partial charge on any atom is 0.335 e. The van der Waals surface area contributed by atoms with Crippen molar-refractivity contribution in [1.29, 1.82) is 0 Å². The van der Waals surface area contributed by atoms with Crippen LogP contribution in [0.3, 0.4) is 0 Å². The molecule has 7 nitrogen and oxygen atoms in total. The third-order valence-electron chi connectivity index (χ3n) is 5.27. The lowest BCUT2D eigenvalue weighted by Crippen LogP contribution is -2.01. The fourth-order valence-corrected chi connectivity index (χ4v) is 3.54. The molecule has 1 N–H and O–H groups in total. The van der Waals surface area contributed by atoms with Gasteiger partial charge in [-0.05, 0) is 55.3 Å². The third-order valence-corrected chi connectivity index (χ3v) is 5.56. The monoisotopic (exact) mass is 500 g/mol. The maximum atomic E-state index is 10.9. The fraction of sp³-hybridized carbons (Fsp3) is 0.407. The van der Waals surface area contributed by atoms with Crippen molar-refractivity contribution in [2.24, 2.45) is 10.2 Å². The number of carbonyl (C=O) groups is 2. The molecule has 188 valence electrons. The molecule has 0 aliphatic heterocycles. The highest BCUT2D eigenvalue weighted by Crippen LogP contribution is 2.30. The molecule has 35 heavy (non-hydrogen) atoms. The van der Waals surface area contributed by atoms with Gasteiger partial charge in [0.15, 0.2) is 0 Å². The average molecular weight is 501 g/mol. The molecule has 0 aliphatic rings. The minimum atomic E-state index is -0.982. The Morgan fingerprint density at radius 1 is 0.829 bits per heavy atom. The van der Waals surface area contributed by atoms with Crippen LogP contribution in [0.25, 0.3) is 0 Å². The first-order valence-corrected chi connectivity index (χ1v) is 12.3. The summed E-state index contributed by atoms with van der Waals surface area (Å²) in [5.74, 6) is -0.709. The van der Waals surface area contributed by atoms with Crippen molar-refractivity contribution in [2.45, 2.75) is 57.8 Å². The summed E-state index contributed by atoms with van der Waals surface area (Å²) in [7, 11) is 0. The lowest BCUT2D eigenvalue weighted by molar-refractivity contribution is -0.137. The minimum Gasteiger partial charge on any atom is -0.492 e. The van der Waals surface area contributed by atoms with Gasteiger partial charge in [-0.15, -0.1) is 0 Å². The van der Waals surface area contributed by atoms with Gasteiger partial charge in [0.05, 0.1) is 35.2 Å². The quantitative estimate of drug-likeness (QED) is 0.102. The Kier molecular flexibility index (Phi) is 13.2. The molecular weight excluding hydrogens is 468 g/mol. The lowest BCUT2D eigenvalue weighted by atomic mass is 10.1. The number of aromatic carboxylic acids is 1. The zero-order valence-electron chi connectivity index (χ0n) is 20.0. The zero-order valence-corrected chi connectivity index (χ0v) is 20.7. The number of benzene rings is 2. The summed E-state index contributed by atoms with van der Waals surface area (Å²) in [5, 5.41) is 17.7. The number of carboxylic acid groups (broad SMARTS) is 1. The van der Waals surface area contributed by atoms with Crippen LogP contribution in [0, 0.1) is 0 Å². The number of ether oxygens (including phenoxy) is 2. The Morgan fingerprint density at radius 2 is 1.37 bits per heavy atom. The predicted octanol–water partition coefficient (Wildman–Crippen LogP) is 8.07. The average Bonchev–Trinajstić information content (AvgIpc) is 2.86. The van der Waals surface area contributed by atoms with E-state index in [1.54, 1.807) is 30.3 Å². The van der Waals surface area contributed by atoms with Crippen LogP contribution in [-0.4, -0.2) is 30.3 Å². The molecule has 0 aliphatic carbocycles. The molecule has 0 heterocycles. The molecule has 0 saturated heterocycles. The molecule has 0 saturated carbocycles. The number of hydrogen-bond donors (Lipinski definition) is 1. The van der Waals surface area contributed by atoms with Crippen molar-refractivity contribution in [3.63, 3.8) is 0 Å². The van der Waals surface area contributed by atoms with E-state index in [0.717, 1.165) is 25.7 Å². The van der Waals surface area contributed by atoms with Crippen molar-refractivity contribution < 1.29 is 24.2 Å². The normalized spacial score (nSPS) is 10.9. The number of halogens is 1. The molecule has 0 unspecified atom stereocenters. The third kappa shape index (κ3) is 11.7. The van der Waals surface area contributed by atoms with Crippen molar-refractivity contribution >= 4 is 34.9 Å². The number of nitrogens with zero attached hydrogens (tertiary/aromatic N) is 2. The van der Waals surface area contributed by atoms with Crippen LogP contribution in [0.4, 0.5) is 11.4 Å². The van der Waals surface area contributed by atoms with Crippen molar-refractivity contribution in [1.82, 2.24) is 0 Å². The Morgan fingerprint density at radius 3 is 1.94 bits per heavy atom. The number of esters is 1. The molecule has 0 amide bonds. The van der Waals surface area contributed by atoms with Gasteiger partial charge < -0.3 is 14.6 Å². The Labute approximate surface area is 211 Å². The van der Waals surface area contributed by atoms with E-state index in [1.807, 2.05) is 0 Å². The van der Waals surface area contributed by atoms with Gasteiger partial charge in [0.2, 0.25) is 0 Å². The molecule has 0 fully saturated rings. The summed E-state index contributed by atoms with van der Waals surface area (Å²) in [4.78, 5) is 21.8. The molecule has 0 bridgehead atoms. The van der Waals surface area contributed by atoms with Gasteiger partial charge in [-0.1, -0.05) is 63.1 Å². The highest BCUT2D eigenvalue weighted by Gasteiger charge is 2.04. The first-order chi connectivity index (χ1) is 17.0. The van der Waals surface area contributed by atoms with Crippen LogP contribution >= 0.6 is 11.6 Å². The first-order valence-electron chi connectivity index (χ1n) is 12.0. The second kappa shape index (κ2) is 16.4. The van der Waals surface area contributed by atoms with Gasteiger partial charge in [-0.3, -0.25) is 0 Å². The molecule has 2 rings (SSSR count). The van der Waals surface area contributed by atoms with Crippen molar-refractivity contribution in [3.05, 3.63) is 65.7 Å². The van der Waals surface area contributed by atoms with E-state index in [-0.39, 0.29) is 11.5 Å². The lowest BCUT2D eigenvalue weighted by Gasteiger charge is -2.08.